The number of amides is 1. The Morgan fingerprint density at radius 3 is 2.84 bits per heavy atom. The molecule has 1 amide bonds. The lowest BCUT2D eigenvalue weighted by atomic mass is 10.1. The van der Waals surface area contributed by atoms with Crippen molar-refractivity contribution in [2.45, 2.75) is 51.9 Å². The highest BCUT2D eigenvalue weighted by Crippen LogP contribution is 2.28. The number of carbonyl (C=O) groups is 1. The standard InChI is InChI=1S/C16H22INO/c1-2-3-4-5-11-18-15-10-9-14(17)12-13(15)7-6-8-16(18)19/h9-10,12H,2-8,11H2,1H3. The molecule has 0 aliphatic carbocycles. The summed E-state index contributed by atoms with van der Waals surface area (Å²) in [4.78, 5) is 14.3. The van der Waals surface area contributed by atoms with Gasteiger partial charge in [-0.1, -0.05) is 26.2 Å². The molecule has 0 bridgehead atoms. The normalized spacial score (nSPS) is 15.3. The number of halogens is 1. The number of carbonyl (C=O) groups excluding carboxylic acids is 1. The molecule has 1 aliphatic rings. The van der Waals surface area contributed by atoms with Gasteiger partial charge in [0.05, 0.1) is 0 Å². The van der Waals surface area contributed by atoms with E-state index < -0.39 is 0 Å². The van der Waals surface area contributed by atoms with Crippen molar-refractivity contribution in [3.8, 4) is 0 Å². The smallest absolute Gasteiger partial charge is 0.226 e. The van der Waals surface area contributed by atoms with E-state index in [1.54, 1.807) is 0 Å². The summed E-state index contributed by atoms with van der Waals surface area (Å²) in [5.74, 6) is 0.302. The Labute approximate surface area is 129 Å². The Kier molecular flexibility index (Phi) is 5.67. The Balaban J connectivity index is 2.13. The molecule has 0 N–H and O–H groups in total. The number of nitrogens with zero attached hydrogens (tertiary/aromatic N) is 1. The van der Waals surface area contributed by atoms with E-state index in [0.717, 1.165) is 31.5 Å². The van der Waals surface area contributed by atoms with Crippen LogP contribution in [0.3, 0.4) is 0 Å². The summed E-state index contributed by atoms with van der Waals surface area (Å²) in [5.41, 5.74) is 2.49. The molecule has 0 fully saturated rings. The molecule has 1 aromatic rings. The summed E-state index contributed by atoms with van der Waals surface area (Å²) >= 11 is 2.35. The lowest BCUT2D eigenvalue weighted by Gasteiger charge is -2.23. The summed E-state index contributed by atoms with van der Waals surface area (Å²) in [6, 6.07) is 6.46. The number of anilines is 1. The molecule has 19 heavy (non-hydrogen) atoms. The second kappa shape index (κ2) is 7.27. The number of hydrogen-bond acceptors (Lipinski definition) is 1. The molecule has 1 aromatic carbocycles. The number of hydrogen-bond donors (Lipinski definition) is 0. The third-order valence-electron chi connectivity index (χ3n) is 3.71. The predicted molar refractivity (Wildman–Crippen MR) is 88.6 cm³/mol. The van der Waals surface area contributed by atoms with Gasteiger partial charge in [-0.15, -0.1) is 0 Å². The molecule has 1 heterocycles. The summed E-state index contributed by atoms with van der Waals surface area (Å²) in [6.07, 6.45) is 7.55. The van der Waals surface area contributed by atoms with Gasteiger partial charge < -0.3 is 4.90 Å². The van der Waals surface area contributed by atoms with Gasteiger partial charge in [0.2, 0.25) is 5.91 Å². The van der Waals surface area contributed by atoms with Crippen LogP contribution in [0.1, 0.15) is 51.0 Å². The molecule has 0 saturated heterocycles. The second-order valence-corrected chi connectivity index (χ2v) is 6.48. The van der Waals surface area contributed by atoms with Crippen molar-refractivity contribution in [3.05, 3.63) is 27.3 Å². The SMILES string of the molecule is CCCCCCN1C(=O)CCCc2cc(I)ccc21. The van der Waals surface area contributed by atoms with E-state index in [9.17, 15) is 4.79 Å². The van der Waals surface area contributed by atoms with E-state index in [2.05, 4.69) is 47.7 Å². The molecule has 0 aromatic heterocycles. The molecule has 0 radical (unpaired) electrons. The molecule has 1 aliphatic heterocycles. The Hall–Kier alpha value is -0.580. The lowest BCUT2D eigenvalue weighted by molar-refractivity contribution is -0.118. The van der Waals surface area contributed by atoms with Gasteiger partial charge in [0.25, 0.3) is 0 Å². The molecule has 3 heteroatoms. The van der Waals surface area contributed by atoms with Crippen molar-refractivity contribution in [1.82, 2.24) is 0 Å². The van der Waals surface area contributed by atoms with Crippen LogP contribution >= 0.6 is 22.6 Å². The van der Waals surface area contributed by atoms with Crippen LogP contribution in [0.15, 0.2) is 18.2 Å². The van der Waals surface area contributed by atoms with Crippen LogP contribution in [0.4, 0.5) is 5.69 Å². The van der Waals surface area contributed by atoms with Crippen molar-refractivity contribution in [3.63, 3.8) is 0 Å². The maximum atomic E-state index is 12.2. The fourth-order valence-electron chi connectivity index (χ4n) is 2.66. The predicted octanol–water partition coefficient (Wildman–Crippen LogP) is 4.54. The van der Waals surface area contributed by atoms with E-state index in [1.807, 2.05) is 4.90 Å². The molecule has 0 spiro atoms. The van der Waals surface area contributed by atoms with Crippen LogP contribution in [-0.2, 0) is 11.2 Å². The molecule has 0 atom stereocenters. The highest BCUT2D eigenvalue weighted by atomic mass is 127. The van der Waals surface area contributed by atoms with Crippen molar-refractivity contribution < 1.29 is 4.79 Å². The highest BCUT2D eigenvalue weighted by molar-refractivity contribution is 14.1. The Morgan fingerprint density at radius 2 is 2.05 bits per heavy atom. The van der Waals surface area contributed by atoms with Gasteiger partial charge in [-0.2, -0.15) is 0 Å². The molecular formula is C16H22INO. The van der Waals surface area contributed by atoms with Crippen molar-refractivity contribution >= 4 is 34.2 Å². The van der Waals surface area contributed by atoms with Gasteiger partial charge in [0, 0.05) is 22.2 Å². The highest BCUT2D eigenvalue weighted by Gasteiger charge is 2.21. The van der Waals surface area contributed by atoms with Crippen LogP contribution in [0, 0.1) is 3.57 Å². The van der Waals surface area contributed by atoms with Crippen molar-refractivity contribution in [2.24, 2.45) is 0 Å². The number of unbranched alkanes of at least 4 members (excludes halogenated alkanes) is 3. The van der Waals surface area contributed by atoms with E-state index in [0.29, 0.717) is 12.3 Å². The zero-order chi connectivity index (χ0) is 13.7. The minimum atomic E-state index is 0.302. The average molecular weight is 371 g/mol. The summed E-state index contributed by atoms with van der Waals surface area (Å²) in [6.45, 7) is 3.10. The van der Waals surface area contributed by atoms with Gasteiger partial charge in [-0.05, 0) is 65.6 Å². The largest absolute Gasteiger partial charge is 0.312 e. The number of rotatable bonds is 5. The second-order valence-electron chi connectivity index (χ2n) is 5.23. The van der Waals surface area contributed by atoms with E-state index in [-0.39, 0.29) is 0 Å². The first-order valence-electron chi connectivity index (χ1n) is 7.31. The Bertz CT molecular complexity index is 444. The third-order valence-corrected chi connectivity index (χ3v) is 4.38. The summed E-state index contributed by atoms with van der Waals surface area (Å²) < 4.78 is 1.26. The monoisotopic (exact) mass is 371 g/mol. The number of benzene rings is 1. The van der Waals surface area contributed by atoms with E-state index in [4.69, 9.17) is 0 Å². The Morgan fingerprint density at radius 1 is 1.21 bits per heavy atom. The quantitative estimate of drug-likeness (QED) is 0.550. The van der Waals surface area contributed by atoms with Gasteiger partial charge in [0.1, 0.15) is 0 Å². The van der Waals surface area contributed by atoms with Crippen LogP contribution in [0.2, 0.25) is 0 Å². The molecule has 0 saturated carbocycles. The van der Waals surface area contributed by atoms with Gasteiger partial charge >= 0.3 is 0 Å². The van der Waals surface area contributed by atoms with E-state index >= 15 is 0 Å². The topological polar surface area (TPSA) is 20.3 Å². The molecule has 2 nitrogen and oxygen atoms in total. The third kappa shape index (κ3) is 3.94. The maximum Gasteiger partial charge on any atom is 0.226 e. The lowest BCUT2D eigenvalue weighted by Crippen LogP contribution is -2.31. The summed E-state index contributed by atoms with van der Waals surface area (Å²) in [5, 5.41) is 0. The van der Waals surface area contributed by atoms with Gasteiger partial charge in [0.15, 0.2) is 0 Å². The van der Waals surface area contributed by atoms with Crippen LogP contribution in [0.25, 0.3) is 0 Å². The fourth-order valence-corrected chi connectivity index (χ4v) is 3.21. The molecule has 2 rings (SSSR count). The van der Waals surface area contributed by atoms with E-state index in [1.165, 1.54) is 28.4 Å². The van der Waals surface area contributed by atoms with Gasteiger partial charge in [-0.3, -0.25) is 4.79 Å². The molecular weight excluding hydrogens is 349 g/mol. The zero-order valence-electron chi connectivity index (χ0n) is 11.6. The first kappa shape index (κ1) is 14.8. The minimum Gasteiger partial charge on any atom is -0.312 e. The number of aryl methyl sites for hydroxylation is 1. The number of fused-ring (bicyclic) bond motifs is 1. The summed E-state index contributed by atoms with van der Waals surface area (Å²) in [7, 11) is 0. The first-order valence-corrected chi connectivity index (χ1v) is 8.39. The van der Waals surface area contributed by atoms with Crippen LogP contribution in [0.5, 0.6) is 0 Å². The maximum absolute atomic E-state index is 12.2. The van der Waals surface area contributed by atoms with Crippen molar-refractivity contribution in [2.75, 3.05) is 11.4 Å². The molecule has 104 valence electrons. The molecule has 0 unspecified atom stereocenters. The first-order chi connectivity index (χ1) is 9.22. The van der Waals surface area contributed by atoms with Crippen molar-refractivity contribution in [1.29, 1.82) is 0 Å². The minimum absolute atomic E-state index is 0.302. The van der Waals surface area contributed by atoms with Gasteiger partial charge in [-0.25, -0.2) is 0 Å². The van der Waals surface area contributed by atoms with Crippen LogP contribution < -0.4 is 4.90 Å². The van der Waals surface area contributed by atoms with Crippen LogP contribution in [-0.4, -0.2) is 12.5 Å². The zero-order valence-corrected chi connectivity index (χ0v) is 13.8. The average Bonchev–Trinajstić information content (AvgIpc) is 2.54. The fraction of sp³-hybridized carbons (Fsp3) is 0.562.